The number of anilines is 2. The van der Waals surface area contributed by atoms with Gasteiger partial charge in [-0.15, -0.1) is 13.2 Å². The predicted octanol–water partition coefficient (Wildman–Crippen LogP) is 8.89. The Balaban J connectivity index is 0.000000280. The standard InChI is InChI=1S/C26H31N3O3.C26H30N2O4.CH4/c1-5-10-20(24(27)30)21(15-16(2)3)25(31)28-23-19-13-7-6-11-17(19)18-12-8-9-14-22(18)29(4)26(23)32;1-5-10-20(26(31)32)21(15-16(2)3)24(29)27-23-19-13-7-6-11-17(19)18-12-8-9-14-22(18)28(4)25(23)30;/h5-9,11-14,16,20-21,23H,1,10,15H2,2-4H3,(H2,27,30)(H,28,31);5-9,11-14,16,20-21,23H,1,10,15H2,2-4H3,(H,27,29)(H,31,32);1H4/t2*20-,21+,23?;/m00./s1. The lowest BCUT2D eigenvalue weighted by molar-refractivity contribution is -0.148. The van der Waals surface area contributed by atoms with Crippen LogP contribution >= 0.6 is 0 Å². The number of nitrogens with zero attached hydrogens (tertiary/aromatic N) is 2. The van der Waals surface area contributed by atoms with E-state index in [4.69, 9.17) is 5.73 Å². The molecule has 65 heavy (non-hydrogen) atoms. The molecule has 2 aliphatic rings. The highest BCUT2D eigenvalue weighted by atomic mass is 16.4. The lowest BCUT2D eigenvalue weighted by Crippen LogP contribution is -2.46. The van der Waals surface area contributed by atoms with Gasteiger partial charge >= 0.3 is 5.97 Å². The molecule has 5 N–H and O–H groups in total. The molecule has 2 heterocycles. The second kappa shape index (κ2) is 22.7. The van der Waals surface area contributed by atoms with E-state index in [1.807, 2.05) is 125 Å². The molecule has 0 fully saturated rings. The number of carboxylic acids is 1. The first-order valence-electron chi connectivity index (χ1n) is 21.8. The smallest absolute Gasteiger partial charge is 0.307 e. The quantitative estimate of drug-likeness (QED) is 0.0812. The van der Waals surface area contributed by atoms with Crippen molar-refractivity contribution in [3.63, 3.8) is 0 Å². The van der Waals surface area contributed by atoms with Gasteiger partial charge in [-0.2, -0.15) is 0 Å². The number of carbonyl (C=O) groups excluding carboxylic acids is 5. The number of carbonyl (C=O) groups is 6. The number of fused-ring (bicyclic) bond motifs is 6. The maximum atomic E-state index is 13.5. The van der Waals surface area contributed by atoms with Crippen molar-refractivity contribution in [1.29, 1.82) is 0 Å². The van der Waals surface area contributed by atoms with Gasteiger partial charge < -0.3 is 31.3 Å². The zero-order valence-corrected chi connectivity index (χ0v) is 37.6. The average Bonchev–Trinajstić information content (AvgIpc) is 3.42. The van der Waals surface area contributed by atoms with Crippen molar-refractivity contribution in [2.75, 3.05) is 23.9 Å². The van der Waals surface area contributed by atoms with Crippen molar-refractivity contribution in [2.45, 2.75) is 72.9 Å². The van der Waals surface area contributed by atoms with E-state index in [1.54, 1.807) is 30.0 Å². The molecule has 12 nitrogen and oxygen atoms in total. The predicted molar refractivity (Wildman–Crippen MR) is 258 cm³/mol. The van der Waals surface area contributed by atoms with Crippen LogP contribution in [0.5, 0.6) is 0 Å². The van der Waals surface area contributed by atoms with E-state index in [1.165, 1.54) is 6.08 Å². The Labute approximate surface area is 384 Å². The summed E-state index contributed by atoms with van der Waals surface area (Å²) in [6.07, 6.45) is 4.49. The third-order valence-electron chi connectivity index (χ3n) is 12.0. The normalized spacial score (nSPS) is 16.8. The molecular formula is C53H65N5O7. The molecule has 344 valence electrons. The summed E-state index contributed by atoms with van der Waals surface area (Å²) in [7, 11) is 3.40. The Morgan fingerprint density at radius 1 is 0.600 bits per heavy atom. The van der Waals surface area contributed by atoms with Gasteiger partial charge in [-0.25, -0.2) is 0 Å². The maximum Gasteiger partial charge on any atom is 0.307 e. The highest BCUT2D eigenvalue weighted by molar-refractivity contribution is 6.07. The molecule has 0 saturated heterocycles. The summed E-state index contributed by atoms with van der Waals surface area (Å²) in [5, 5.41) is 15.6. The van der Waals surface area contributed by atoms with Crippen LogP contribution in [0.4, 0.5) is 11.4 Å². The lowest BCUT2D eigenvalue weighted by Gasteiger charge is -2.28. The molecule has 0 aliphatic carbocycles. The summed E-state index contributed by atoms with van der Waals surface area (Å²) in [6.45, 7) is 15.2. The van der Waals surface area contributed by atoms with Crippen LogP contribution in [0.3, 0.4) is 0 Å². The number of para-hydroxylation sites is 2. The Kier molecular flexibility index (Phi) is 17.7. The number of primary amides is 1. The topological polar surface area (TPSA) is 179 Å². The SMILES string of the molecule is C.C=CC[C@H](C(=O)O)[C@@H](CC(C)C)C(=O)NC1C(=O)N(C)c2ccccc2-c2ccccc21.C=CC[C@H](C(N)=O)[C@@H](CC(C)C)C(=O)NC1C(=O)N(C)c2ccccc2-c2ccccc21. The summed E-state index contributed by atoms with van der Waals surface area (Å²) < 4.78 is 0. The van der Waals surface area contributed by atoms with Gasteiger partial charge in [0.25, 0.3) is 11.8 Å². The van der Waals surface area contributed by atoms with Gasteiger partial charge in [-0.05, 0) is 71.9 Å². The van der Waals surface area contributed by atoms with Gasteiger partial charge in [0, 0.05) is 25.2 Å². The minimum absolute atomic E-state index is 0. The molecule has 12 heteroatoms. The fourth-order valence-corrected chi connectivity index (χ4v) is 8.84. The van der Waals surface area contributed by atoms with Crippen LogP contribution in [-0.2, 0) is 28.8 Å². The average molecular weight is 884 g/mol. The Morgan fingerprint density at radius 3 is 1.29 bits per heavy atom. The molecule has 4 aromatic carbocycles. The largest absolute Gasteiger partial charge is 0.481 e. The second-order valence-corrected chi connectivity index (χ2v) is 17.4. The van der Waals surface area contributed by atoms with Crippen LogP contribution in [-0.4, -0.2) is 54.7 Å². The van der Waals surface area contributed by atoms with E-state index in [0.717, 1.165) is 39.2 Å². The second-order valence-electron chi connectivity index (χ2n) is 17.4. The van der Waals surface area contributed by atoms with Crippen LogP contribution in [0.1, 0.15) is 84.0 Å². The minimum Gasteiger partial charge on any atom is -0.481 e. The van der Waals surface area contributed by atoms with Gasteiger partial charge in [0.05, 0.1) is 35.0 Å². The van der Waals surface area contributed by atoms with Crippen LogP contribution < -0.4 is 26.2 Å². The molecule has 0 radical (unpaired) electrons. The van der Waals surface area contributed by atoms with Gasteiger partial charge in [-0.1, -0.05) is 132 Å². The summed E-state index contributed by atoms with van der Waals surface area (Å²) in [6, 6.07) is 28.6. The van der Waals surface area contributed by atoms with Crippen LogP contribution in [0.15, 0.2) is 122 Å². The van der Waals surface area contributed by atoms with Crippen LogP contribution in [0, 0.1) is 35.5 Å². The molecule has 0 spiro atoms. The third kappa shape index (κ3) is 11.5. The third-order valence-corrected chi connectivity index (χ3v) is 12.0. The maximum absolute atomic E-state index is 13.5. The molecule has 0 aromatic heterocycles. The van der Waals surface area contributed by atoms with Crippen molar-refractivity contribution >= 4 is 46.9 Å². The van der Waals surface area contributed by atoms with Crippen molar-refractivity contribution in [3.8, 4) is 22.3 Å². The first-order chi connectivity index (χ1) is 30.5. The molecule has 2 unspecified atom stereocenters. The fraction of sp³-hybridized carbons (Fsp3) is 0.358. The lowest BCUT2D eigenvalue weighted by atomic mass is 9.82. The number of likely N-dealkylation sites (N-methyl/N-ethyl adjacent to an activating group) is 2. The van der Waals surface area contributed by atoms with E-state index >= 15 is 0 Å². The van der Waals surface area contributed by atoms with Gasteiger partial charge in [-0.3, -0.25) is 28.8 Å². The number of carboxylic acid groups (broad SMARTS) is 1. The number of rotatable bonds is 16. The molecule has 6 atom stereocenters. The monoisotopic (exact) mass is 883 g/mol. The van der Waals surface area contributed by atoms with E-state index in [-0.39, 0.29) is 43.4 Å². The van der Waals surface area contributed by atoms with E-state index in [9.17, 15) is 33.9 Å². The summed E-state index contributed by atoms with van der Waals surface area (Å²) in [5.74, 6) is -5.59. The number of hydrogen-bond acceptors (Lipinski definition) is 6. The fourth-order valence-electron chi connectivity index (χ4n) is 8.84. The highest BCUT2D eigenvalue weighted by Crippen LogP contribution is 2.41. The van der Waals surface area contributed by atoms with Crippen LogP contribution in [0.2, 0.25) is 0 Å². The van der Waals surface area contributed by atoms with E-state index < -0.39 is 53.5 Å². The molecule has 2 aliphatic heterocycles. The highest BCUT2D eigenvalue weighted by Gasteiger charge is 2.40. The Hall–Kier alpha value is -6.82. The number of benzene rings is 4. The number of nitrogens with one attached hydrogen (secondary N) is 2. The summed E-state index contributed by atoms with van der Waals surface area (Å²) >= 11 is 0. The van der Waals surface area contributed by atoms with Crippen LogP contribution in [0.25, 0.3) is 22.3 Å². The summed E-state index contributed by atoms with van der Waals surface area (Å²) in [5.41, 5.74) is 12.2. The van der Waals surface area contributed by atoms with E-state index in [2.05, 4.69) is 23.8 Å². The van der Waals surface area contributed by atoms with Gasteiger partial charge in [0.2, 0.25) is 17.7 Å². The van der Waals surface area contributed by atoms with Crippen molar-refractivity contribution < 1.29 is 33.9 Å². The van der Waals surface area contributed by atoms with Gasteiger partial charge in [0.15, 0.2) is 0 Å². The first kappa shape index (κ1) is 50.8. The number of nitrogens with two attached hydrogens (primary N) is 1. The Bertz CT molecular complexity index is 2230. The van der Waals surface area contributed by atoms with Gasteiger partial charge in [0.1, 0.15) is 12.1 Å². The number of amides is 5. The molecule has 0 bridgehead atoms. The molecule has 5 amide bonds. The zero-order chi connectivity index (χ0) is 46.8. The first-order valence-corrected chi connectivity index (χ1v) is 21.8. The van der Waals surface area contributed by atoms with Crippen molar-refractivity contribution in [3.05, 3.63) is 133 Å². The van der Waals surface area contributed by atoms with Crippen molar-refractivity contribution in [1.82, 2.24) is 10.6 Å². The molecular weight excluding hydrogens is 819 g/mol. The number of aliphatic carboxylic acids is 1. The van der Waals surface area contributed by atoms with Crippen molar-refractivity contribution in [2.24, 2.45) is 41.2 Å². The Morgan fingerprint density at radius 2 is 0.938 bits per heavy atom. The number of allylic oxidation sites excluding steroid dienone is 2. The number of hydrogen-bond donors (Lipinski definition) is 4. The zero-order valence-electron chi connectivity index (χ0n) is 37.6. The minimum atomic E-state index is -1.04. The molecule has 0 saturated carbocycles. The molecule has 6 rings (SSSR count). The molecule has 4 aromatic rings. The van der Waals surface area contributed by atoms with E-state index in [0.29, 0.717) is 24.8 Å². The summed E-state index contributed by atoms with van der Waals surface area (Å²) in [4.78, 5) is 81.1.